The van der Waals surface area contributed by atoms with Crippen LogP contribution < -0.4 is 0 Å². The minimum Gasteiger partial charge on any atom is -0.481 e. The molecule has 1 unspecified atom stereocenters. The Kier molecular flexibility index (Phi) is 4.57. The predicted octanol–water partition coefficient (Wildman–Crippen LogP) is 2.76. The second kappa shape index (κ2) is 6.19. The zero-order valence-electron chi connectivity index (χ0n) is 10.6. The van der Waals surface area contributed by atoms with Crippen molar-refractivity contribution in [3.8, 4) is 11.4 Å². The quantitative estimate of drug-likeness (QED) is 0.917. The molecule has 0 aliphatic heterocycles. The van der Waals surface area contributed by atoms with E-state index in [0.29, 0.717) is 28.0 Å². The van der Waals surface area contributed by atoms with Gasteiger partial charge in [0.05, 0.1) is 5.02 Å². The molecule has 0 aliphatic carbocycles. The molecule has 0 amide bonds. The topological polar surface area (TPSA) is 80.9 Å². The number of tetrazole rings is 1. The number of carbonyl (C=O) groups is 1. The van der Waals surface area contributed by atoms with E-state index in [-0.39, 0.29) is 12.3 Å². The average Bonchev–Trinajstić information content (AvgIpc) is 2.75. The maximum absolute atomic E-state index is 10.7. The molecule has 20 heavy (non-hydrogen) atoms. The van der Waals surface area contributed by atoms with Crippen molar-refractivity contribution in [2.24, 2.45) is 5.92 Å². The molecule has 8 heteroatoms. The lowest BCUT2D eigenvalue weighted by atomic mass is 10.1. The van der Waals surface area contributed by atoms with Crippen molar-refractivity contribution in [1.29, 1.82) is 0 Å². The molecular weight excluding hydrogens is 303 g/mol. The first-order valence-electron chi connectivity index (χ1n) is 5.90. The molecule has 1 heterocycles. The van der Waals surface area contributed by atoms with Crippen molar-refractivity contribution in [3.63, 3.8) is 0 Å². The van der Waals surface area contributed by atoms with Crippen LogP contribution in [0.3, 0.4) is 0 Å². The third kappa shape index (κ3) is 3.46. The number of rotatable bonds is 5. The van der Waals surface area contributed by atoms with Crippen molar-refractivity contribution < 1.29 is 9.90 Å². The highest BCUT2D eigenvalue weighted by atomic mass is 35.5. The van der Waals surface area contributed by atoms with E-state index in [1.807, 2.05) is 6.92 Å². The average molecular weight is 315 g/mol. The fourth-order valence-corrected chi connectivity index (χ4v) is 2.34. The number of aromatic nitrogens is 4. The van der Waals surface area contributed by atoms with Gasteiger partial charge in [-0.15, -0.1) is 5.10 Å². The van der Waals surface area contributed by atoms with Gasteiger partial charge in [0.15, 0.2) is 5.82 Å². The summed E-state index contributed by atoms with van der Waals surface area (Å²) < 4.78 is 1.54. The molecule has 1 N–H and O–H groups in total. The van der Waals surface area contributed by atoms with Gasteiger partial charge >= 0.3 is 5.97 Å². The van der Waals surface area contributed by atoms with Crippen LogP contribution in [0.15, 0.2) is 18.2 Å². The van der Waals surface area contributed by atoms with Gasteiger partial charge in [0.25, 0.3) is 0 Å². The molecule has 0 aliphatic rings. The first kappa shape index (κ1) is 14.7. The first-order valence-corrected chi connectivity index (χ1v) is 6.66. The Balaban J connectivity index is 2.26. The minimum absolute atomic E-state index is 0.0493. The van der Waals surface area contributed by atoms with E-state index >= 15 is 0 Å². The van der Waals surface area contributed by atoms with E-state index in [4.69, 9.17) is 28.3 Å². The molecule has 0 spiro atoms. The van der Waals surface area contributed by atoms with Crippen LogP contribution in [-0.2, 0) is 11.3 Å². The third-order valence-electron chi connectivity index (χ3n) is 2.71. The highest BCUT2D eigenvalue weighted by Crippen LogP contribution is 2.28. The molecular formula is C12H12Cl2N4O2. The van der Waals surface area contributed by atoms with Crippen molar-refractivity contribution in [2.45, 2.75) is 19.9 Å². The largest absolute Gasteiger partial charge is 0.481 e. The number of halogens is 2. The molecule has 0 bridgehead atoms. The molecule has 1 aromatic carbocycles. The maximum Gasteiger partial charge on any atom is 0.303 e. The van der Waals surface area contributed by atoms with Crippen LogP contribution in [0, 0.1) is 5.92 Å². The zero-order valence-corrected chi connectivity index (χ0v) is 12.1. The number of nitrogens with zero attached hydrogens (tertiary/aromatic N) is 4. The van der Waals surface area contributed by atoms with E-state index in [1.54, 1.807) is 22.9 Å². The summed E-state index contributed by atoms with van der Waals surface area (Å²) in [5.41, 5.74) is 0.656. The summed E-state index contributed by atoms with van der Waals surface area (Å²) in [4.78, 5) is 10.7. The number of aliphatic carboxylic acids is 1. The highest BCUT2D eigenvalue weighted by Gasteiger charge is 2.16. The molecule has 2 rings (SSSR count). The summed E-state index contributed by atoms with van der Waals surface area (Å²) in [6.45, 7) is 2.22. The molecule has 106 valence electrons. The van der Waals surface area contributed by atoms with Crippen molar-refractivity contribution in [1.82, 2.24) is 20.2 Å². The zero-order chi connectivity index (χ0) is 14.7. The van der Waals surface area contributed by atoms with Crippen molar-refractivity contribution in [3.05, 3.63) is 28.2 Å². The van der Waals surface area contributed by atoms with Crippen LogP contribution in [-0.4, -0.2) is 31.3 Å². The van der Waals surface area contributed by atoms with Gasteiger partial charge in [-0.05, 0) is 34.5 Å². The number of hydrogen-bond acceptors (Lipinski definition) is 4. The second-order valence-electron chi connectivity index (χ2n) is 4.51. The van der Waals surface area contributed by atoms with Gasteiger partial charge < -0.3 is 5.11 Å². The normalized spacial score (nSPS) is 12.3. The summed E-state index contributed by atoms with van der Waals surface area (Å²) in [7, 11) is 0. The van der Waals surface area contributed by atoms with Gasteiger partial charge in [-0.3, -0.25) is 4.79 Å². The van der Waals surface area contributed by atoms with Gasteiger partial charge in [-0.2, -0.15) is 0 Å². The van der Waals surface area contributed by atoms with Gasteiger partial charge in [0.1, 0.15) is 0 Å². The van der Waals surface area contributed by atoms with Crippen LogP contribution >= 0.6 is 23.2 Å². The standard InChI is InChI=1S/C12H12Cl2N4O2/c1-7(4-11(19)20)6-18-12(15-16-17-18)9-3-2-8(13)5-10(9)14/h2-3,5,7H,4,6H2,1H3,(H,19,20). The summed E-state index contributed by atoms with van der Waals surface area (Å²) in [6.07, 6.45) is 0.0493. The molecule has 1 aromatic heterocycles. The second-order valence-corrected chi connectivity index (χ2v) is 5.36. The first-order chi connectivity index (χ1) is 9.47. The molecule has 0 fully saturated rings. The Morgan fingerprint density at radius 2 is 2.20 bits per heavy atom. The van der Waals surface area contributed by atoms with Crippen LogP contribution in [0.5, 0.6) is 0 Å². The van der Waals surface area contributed by atoms with E-state index in [1.165, 1.54) is 0 Å². The van der Waals surface area contributed by atoms with Crippen molar-refractivity contribution in [2.75, 3.05) is 0 Å². The van der Waals surface area contributed by atoms with E-state index < -0.39 is 5.97 Å². The Morgan fingerprint density at radius 3 is 2.85 bits per heavy atom. The molecule has 0 saturated heterocycles. The molecule has 6 nitrogen and oxygen atoms in total. The minimum atomic E-state index is -0.850. The maximum atomic E-state index is 10.7. The third-order valence-corrected chi connectivity index (χ3v) is 3.26. The Hall–Kier alpha value is -1.66. The lowest BCUT2D eigenvalue weighted by Gasteiger charge is -2.10. The number of carboxylic acids is 1. The Morgan fingerprint density at radius 1 is 1.45 bits per heavy atom. The van der Waals surface area contributed by atoms with Gasteiger partial charge in [0, 0.05) is 23.6 Å². The highest BCUT2D eigenvalue weighted by molar-refractivity contribution is 6.36. The van der Waals surface area contributed by atoms with Crippen LogP contribution in [0.25, 0.3) is 11.4 Å². The Bertz CT molecular complexity index is 630. The summed E-state index contributed by atoms with van der Waals surface area (Å²) >= 11 is 12.0. The molecule has 0 radical (unpaired) electrons. The molecule has 2 aromatic rings. The monoisotopic (exact) mass is 314 g/mol. The lowest BCUT2D eigenvalue weighted by Crippen LogP contribution is -2.14. The molecule has 1 atom stereocenters. The number of hydrogen-bond donors (Lipinski definition) is 1. The fraction of sp³-hybridized carbons (Fsp3) is 0.333. The van der Waals surface area contributed by atoms with E-state index in [0.717, 1.165) is 0 Å². The van der Waals surface area contributed by atoms with Gasteiger partial charge in [-0.25, -0.2) is 4.68 Å². The van der Waals surface area contributed by atoms with Crippen molar-refractivity contribution >= 4 is 29.2 Å². The summed E-state index contributed by atoms with van der Waals surface area (Å²) in [6, 6.07) is 5.04. The van der Waals surface area contributed by atoms with Gasteiger partial charge in [-0.1, -0.05) is 30.1 Å². The van der Waals surface area contributed by atoms with Gasteiger partial charge in [0.2, 0.25) is 0 Å². The van der Waals surface area contributed by atoms with E-state index in [9.17, 15) is 4.79 Å². The van der Waals surface area contributed by atoms with E-state index in [2.05, 4.69) is 15.5 Å². The van der Waals surface area contributed by atoms with Crippen LogP contribution in [0.1, 0.15) is 13.3 Å². The number of benzene rings is 1. The van der Waals surface area contributed by atoms with Crippen LogP contribution in [0.2, 0.25) is 10.0 Å². The number of carboxylic acid groups (broad SMARTS) is 1. The SMILES string of the molecule is CC(CC(=O)O)Cn1nnnc1-c1ccc(Cl)cc1Cl. The fourth-order valence-electron chi connectivity index (χ4n) is 1.85. The lowest BCUT2D eigenvalue weighted by molar-refractivity contribution is -0.138. The van der Waals surface area contributed by atoms with Crippen LogP contribution in [0.4, 0.5) is 0 Å². The Labute approximate surface area is 125 Å². The predicted molar refractivity (Wildman–Crippen MR) is 74.7 cm³/mol. The summed E-state index contributed by atoms with van der Waals surface area (Å²) in [5, 5.41) is 21.2. The smallest absolute Gasteiger partial charge is 0.303 e. The molecule has 0 saturated carbocycles. The summed E-state index contributed by atoms with van der Waals surface area (Å²) in [5.74, 6) is -0.457.